The molecule has 2 aliphatic heterocycles. The van der Waals surface area contributed by atoms with Gasteiger partial charge in [-0.1, -0.05) is 18.7 Å². The molecule has 0 spiro atoms. The molecule has 0 fully saturated rings. The number of pyridine rings is 1. The van der Waals surface area contributed by atoms with Gasteiger partial charge in [0.15, 0.2) is 0 Å². The number of fused-ring (bicyclic) bond motifs is 3. The molecule has 0 saturated heterocycles. The third-order valence-electron chi connectivity index (χ3n) is 7.93. The van der Waals surface area contributed by atoms with Crippen LogP contribution in [0.15, 0.2) is 66.6 Å². The van der Waals surface area contributed by atoms with Gasteiger partial charge in [-0.3, -0.25) is 9.48 Å². The van der Waals surface area contributed by atoms with Crippen LogP contribution in [0.4, 0.5) is 13.2 Å². The predicted octanol–water partition coefficient (Wildman–Crippen LogP) is 6.41. The molecule has 11 heteroatoms. The monoisotopic (exact) mass is 601 g/mol. The van der Waals surface area contributed by atoms with Crippen molar-refractivity contribution < 1.29 is 22.7 Å². The Hall–Kier alpha value is -4.48. The molecule has 218 valence electrons. The van der Waals surface area contributed by atoms with Gasteiger partial charge in [-0.2, -0.15) is 13.9 Å². The molecule has 0 atom stereocenters. The fourth-order valence-corrected chi connectivity index (χ4v) is 6.86. The Morgan fingerprint density at radius 3 is 2.81 bits per heavy atom. The van der Waals surface area contributed by atoms with Gasteiger partial charge in [-0.15, -0.1) is 11.3 Å². The predicted molar refractivity (Wildman–Crippen MR) is 159 cm³/mol. The highest BCUT2D eigenvalue weighted by atomic mass is 32.1. The molecule has 1 N–H and O–H groups in total. The van der Waals surface area contributed by atoms with Gasteiger partial charge in [-0.05, 0) is 65.9 Å². The highest BCUT2D eigenvalue weighted by Gasteiger charge is 2.27. The topological polar surface area (TPSA) is 72.3 Å². The number of aromatic nitrogens is 3. The summed E-state index contributed by atoms with van der Waals surface area (Å²) in [5.74, 6) is -1.15. The number of amides is 1. The smallest absolute Gasteiger partial charge is 0.387 e. The maximum absolute atomic E-state index is 14.3. The summed E-state index contributed by atoms with van der Waals surface area (Å²) in [6.45, 7) is 3.45. The number of nitrogens with zero attached hydrogens (tertiary/aromatic N) is 4. The summed E-state index contributed by atoms with van der Waals surface area (Å²) in [5.41, 5.74) is 6.77. The largest absolute Gasteiger partial charge is 0.434 e. The zero-order valence-electron chi connectivity index (χ0n) is 22.9. The normalized spacial score (nSPS) is 14.6. The minimum absolute atomic E-state index is 0.169. The second kappa shape index (κ2) is 11.0. The summed E-state index contributed by atoms with van der Waals surface area (Å²) in [5, 5.41) is 11.0. The van der Waals surface area contributed by atoms with E-state index in [1.54, 1.807) is 4.90 Å². The fourth-order valence-electron chi connectivity index (χ4n) is 5.90. The summed E-state index contributed by atoms with van der Waals surface area (Å²) < 4.78 is 48.8. The maximum atomic E-state index is 14.3. The lowest BCUT2D eigenvalue weighted by Gasteiger charge is -2.26. The first-order chi connectivity index (χ1) is 20.9. The standard InChI is InChI=1S/C32H26F3N5O2S/c1-2-27(41)39-10-11-40-22(17-39)15-25(38-40)30-28(23-6-5-21(33)14-26(23)42-32(34)35)31-24(8-12-43-31)29(37-30)19-3-4-20-16-36-9-7-18(20)13-19/h2-6,8,12-15,32,36H,1,7,9-11,16-17H2. The summed E-state index contributed by atoms with van der Waals surface area (Å²) >= 11 is 1.44. The Bertz CT molecular complexity index is 1900. The van der Waals surface area contributed by atoms with Crippen molar-refractivity contribution in [3.63, 3.8) is 0 Å². The summed E-state index contributed by atoms with van der Waals surface area (Å²) in [6, 6.07) is 13.8. The minimum atomic E-state index is -3.15. The van der Waals surface area contributed by atoms with Crippen LogP contribution >= 0.6 is 11.3 Å². The van der Waals surface area contributed by atoms with Crippen molar-refractivity contribution in [2.24, 2.45) is 0 Å². The zero-order valence-corrected chi connectivity index (χ0v) is 23.8. The van der Waals surface area contributed by atoms with Crippen LogP contribution < -0.4 is 10.1 Å². The first-order valence-electron chi connectivity index (χ1n) is 13.9. The van der Waals surface area contributed by atoms with E-state index in [0.717, 1.165) is 52.6 Å². The first-order valence-corrected chi connectivity index (χ1v) is 14.7. The summed E-state index contributed by atoms with van der Waals surface area (Å²) in [4.78, 5) is 19.2. The van der Waals surface area contributed by atoms with Crippen LogP contribution in [0, 0.1) is 5.82 Å². The molecule has 0 saturated carbocycles. The second-order valence-electron chi connectivity index (χ2n) is 10.5. The van der Waals surface area contributed by atoms with E-state index < -0.39 is 12.4 Å². The number of hydrogen-bond acceptors (Lipinski definition) is 6. The Morgan fingerprint density at radius 1 is 1.09 bits per heavy atom. The van der Waals surface area contributed by atoms with Gasteiger partial charge in [0.05, 0.1) is 24.5 Å². The number of nitrogens with one attached hydrogen (secondary N) is 1. The minimum Gasteiger partial charge on any atom is -0.434 e. The maximum Gasteiger partial charge on any atom is 0.387 e. The molecule has 0 bridgehead atoms. The van der Waals surface area contributed by atoms with Crippen molar-refractivity contribution in [3.8, 4) is 39.5 Å². The Labute approximate surface area is 249 Å². The molecular formula is C32H26F3N5O2S. The van der Waals surface area contributed by atoms with Crippen LogP contribution in [0.1, 0.15) is 16.8 Å². The number of rotatable bonds is 6. The van der Waals surface area contributed by atoms with Crippen LogP contribution in [0.25, 0.3) is 43.9 Å². The Morgan fingerprint density at radius 2 is 1.98 bits per heavy atom. The third-order valence-corrected chi connectivity index (χ3v) is 8.86. The van der Waals surface area contributed by atoms with Crippen LogP contribution in [0.2, 0.25) is 0 Å². The van der Waals surface area contributed by atoms with E-state index in [-0.39, 0.29) is 17.2 Å². The van der Waals surface area contributed by atoms with Crippen molar-refractivity contribution in [1.29, 1.82) is 0 Å². The summed E-state index contributed by atoms with van der Waals surface area (Å²) in [7, 11) is 0. The average Bonchev–Trinajstić information content (AvgIpc) is 3.67. The lowest BCUT2D eigenvalue weighted by molar-refractivity contribution is -0.127. The SMILES string of the molecule is C=CC(=O)N1CCn2nc(-c3nc(-c4ccc5c(c4)CCNC5)c4ccsc4c3-c3ccc(F)cc3OC(F)F)cc2C1. The number of alkyl halides is 2. The molecule has 0 radical (unpaired) electrons. The Balaban J connectivity index is 1.47. The molecule has 5 aromatic rings. The summed E-state index contributed by atoms with van der Waals surface area (Å²) in [6.07, 6.45) is 2.19. The van der Waals surface area contributed by atoms with Crippen LogP contribution in [-0.4, -0.2) is 45.3 Å². The molecule has 2 aliphatic rings. The van der Waals surface area contributed by atoms with Gasteiger partial charge >= 0.3 is 6.61 Å². The molecule has 43 heavy (non-hydrogen) atoms. The Kier molecular flexibility index (Phi) is 6.98. The van der Waals surface area contributed by atoms with E-state index in [1.807, 2.05) is 22.2 Å². The lowest BCUT2D eigenvalue weighted by atomic mass is 9.94. The van der Waals surface area contributed by atoms with Gasteiger partial charge in [0.25, 0.3) is 0 Å². The van der Waals surface area contributed by atoms with E-state index >= 15 is 0 Å². The van der Waals surface area contributed by atoms with Gasteiger partial charge in [0.1, 0.15) is 23.0 Å². The van der Waals surface area contributed by atoms with Crippen molar-refractivity contribution in [2.75, 3.05) is 13.1 Å². The van der Waals surface area contributed by atoms with Crippen molar-refractivity contribution in [3.05, 3.63) is 89.2 Å². The lowest BCUT2D eigenvalue weighted by Crippen LogP contribution is -2.37. The highest BCUT2D eigenvalue weighted by Crippen LogP contribution is 2.46. The van der Waals surface area contributed by atoms with E-state index in [0.29, 0.717) is 36.6 Å². The second-order valence-corrected chi connectivity index (χ2v) is 11.4. The molecule has 0 unspecified atom stereocenters. The van der Waals surface area contributed by atoms with Crippen LogP contribution in [0.5, 0.6) is 5.75 Å². The molecule has 7 nitrogen and oxygen atoms in total. The van der Waals surface area contributed by atoms with Gasteiger partial charge in [0, 0.05) is 45.9 Å². The van der Waals surface area contributed by atoms with Crippen LogP contribution in [-0.2, 0) is 30.8 Å². The highest BCUT2D eigenvalue weighted by molar-refractivity contribution is 7.18. The molecular weight excluding hydrogens is 575 g/mol. The zero-order chi connectivity index (χ0) is 29.7. The molecule has 5 heterocycles. The van der Waals surface area contributed by atoms with Crippen LogP contribution in [0.3, 0.4) is 0 Å². The quantitative estimate of drug-likeness (QED) is 0.228. The number of halogens is 3. The number of carbonyl (C=O) groups is 1. The van der Waals surface area contributed by atoms with E-state index in [1.165, 1.54) is 40.7 Å². The third kappa shape index (κ3) is 4.98. The number of carbonyl (C=O) groups excluding carboxylic acids is 1. The van der Waals surface area contributed by atoms with Crippen molar-refractivity contribution in [1.82, 2.24) is 25.0 Å². The molecule has 7 rings (SSSR count). The van der Waals surface area contributed by atoms with Gasteiger partial charge in [-0.25, -0.2) is 9.37 Å². The van der Waals surface area contributed by atoms with Gasteiger partial charge in [0.2, 0.25) is 5.91 Å². The fraction of sp³-hybridized carbons (Fsp3) is 0.219. The number of benzene rings is 2. The number of hydrogen-bond donors (Lipinski definition) is 1. The first kappa shape index (κ1) is 27.4. The molecule has 2 aromatic carbocycles. The number of ether oxygens (including phenoxy) is 1. The van der Waals surface area contributed by atoms with Gasteiger partial charge < -0.3 is 15.0 Å². The molecule has 0 aliphatic carbocycles. The van der Waals surface area contributed by atoms with E-state index in [9.17, 15) is 18.0 Å². The van der Waals surface area contributed by atoms with E-state index in [2.05, 4.69) is 30.1 Å². The van der Waals surface area contributed by atoms with Crippen molar-refractivity contribution in [2.45, 2.75) is 32.7 Å². The molecule has 1 amide bonds. The van der Waals surface area contributed by atoms with E-state index in [4.69, 9.17) is 14.8 Å². The average molecular weight is 602 g/mol. The van der Waals surface area contributed by atoms with Crippen molar-refractivity contribution >= 4 is 27.3 Å². The number of thiophene rings is 1. The molecule has 3 aromatic heterocycles.